The lowest BCUT2D eigenvalue weighted by Crippen LogP contribution is -2.39. The van der Waals surface area contributed by atoms with Gasteiger partial charge >= 0.3 is 5.97 Å². The molecule has 0 fully saturated rings. The van der Waals surface area contributed by atoms with Crippen molar-refractivity contribution in [2.45, 2.75) is 53.2 Å². The predicted octanol–water partition coefficient (Wildman–Crippen LogP) is 3.60. The van der Waals surface area contributed by atoms with E-state index in [-0.39, 0.29) is 22.5 Å². The molecule has 0 bridgehead atoms. The van der Waals surface area contributed by atoms with E-state index in [1.165, 1.54) is 19.1 Å². The molecule has 0 unspecified atom stereocenters. The van der Waals surface area contributed by atoms with Gasteiger partial charge in [0.15, 0.2) is 17.6 Å². The number of hydrogen-bond donors (Lipinski definition) is 1. The number of rotatable bonds is 9. The fraction of sp³-hybridized carbons (Fsp3) is 0.556. The Morgan fingerprint density at radius 2 is 1.84 bits per heavy atom. The summed E-state index contributed by atoms with van der Waals surface area (Å²) in [6.07, 6.45) is -0.103. The molecular weight excluding hydrogens is 346 g/mol. The Morgan fingerprint density at radius 1 is 1.16 bits per heavy atom. The van der Waals surface area contributed by atoms with Crippen LogP contribution in [0.25, 0.3) is 0 Å². The average Bonchev–Trinajstić information content (AvgIpc) is 2.53. The van der Waals surface area contributed by atoms with E-state index in [0.29, 0.717) is 24.7 Å². The molecule has 6 nitrogen and oxygen atoms in total. The maximum atomic E-state index is 12.3. The molecule has 0 heterocycles. The van der Waals surface area contributed by atoms with Gasteiger partial charge in [0.2, 0.25) is 0 Å². The summed E-state index contributed by atoms with van der Waals surface area (Å²) in [5.74, 6) is -0.249. The third-order valence-electron chi connectivity index (χ3n) is 3.08. The fourth-order valence-corrected chi connectivity index (χ4v) is 2.24. The van der Waals surface area contributed by atoms with Gasteiger partial charge in [-0.2, -0.15) is 0 Å². The summed E-state index contributed by atoms with van der Waals surface area (Å²) in [4.78, 5) is 24.2. The monoisotopic (exact) mass is 371 g/mol. The summed E-state index contributed by atoms with van der Waals surface area (Å²) in [6, 6.07) is 2.92. The zero-order valence-electron chi connectivity index (χ0n) is 15.3. The first-order chi connectivity index (χ1) is 11.8. The van der Waals surface area contributed by atoms with E-state index < -0.39 is 12.1 Å². The molecule has 0 saturated carbocycles. The van der Waals surface area contributed by atoms with Gasteiger partial charge in [-0.1, -0.05) is 18.5 Å². The Morgan fingerprint density at radius 3 is 2.40 bits per heavy atom. The van der Waals surface area contributed by atoms with Crippen molar-refractivity contribution in [3.63, 3.8) is 0 Å². The summed E-state index contributed by atoms with van der Waals surface area (Å²) >= 11 is 6.23. The van der Waals surface area contributed by atoms with E-state index in [0.717, 1.165) is 6.42 Å². The topological polar surface area (TPSA) is 73.9 Å². The molecule has 1 aromatic rings. The lowest BCUT2D eigenvalue weighted by Gasteiger charge is -2.17. The molecule has 1 atom stereocenters. The van der Waals surface area contributed by atoms with Gasteiger partial charge in [0.05, 0.1) is 23.8 Å². The zero-order chi connectivity index (χ0) is 19.0. The maximum Gasteiger partial charge on any atom is 0.339 e. The van der Waals surface area contributed by atoms with Crippen molar-refractivity contribution in [2.24, 2.45) is 0 Å². The minimum Gasteiger partial charge on any atom is -0.490 e. The van der Waals surface area contributed by atoms with E-state index in [1.54, 1.807) is 0 Å². The molecule has 0 aromatic heterocycles. The highest BCUT2D eigenvalue weighted by Gasteiger charge is 2.22. The molecule has 0 spiro atoms. The molecule has 0 saturated heterocycles. The van der Waals surface area contributed by atoms with Crippen LogP contribution in [0.4, 0.5) is 0 Å². The van der Waals surface area contributed by atoms with Gasteiger partial charge in [-0.15, -0.1) is 0 Å². The van der Waals surface area contributed by atoms with Crippen LogP contribution in [0.3, 0.4) is 0 Å². The van der Waals surface area contributed by atoms with Gasteiger partial charge < -0.3 is 19.5 Å². The van der Waals surface area contributed by atoms with Crippen molar-refractivity contribution >= 4 is 23.5 Å². The minimum atomic E-state index is -0.916. The quantitative estimate of drug-likeness (QED) is 0.671. The fourth-order valence-electron chi connectivity index (χ4n) is 1.98. The number of hydrogen-bond acceptors (Lipinski definition) is 5. The number of carbonyl (C=O) groups excluding carboxylic acids is 2. The highest BCUT2D eigenvalue weighted by molar-refractivity contribution is 6.32. The zero-order valence-corrected chi connectivity index (χ0v) is 16.1. The van der Waals surface area contributed by atoms with Crippen molar-refractivity contribution in [2.75, 3.05) is 13.2 Å². The second-order valence-electron chi connectivity index (χ2n) is 5.78. The summed E-state index contributed by atoms with van der Waals surface area (Å²) in [5, 5.41) is 2.94. The van der Waals surface area contributed by atoms with Crippen LogP contribution in [0, 0.1) is 0 Å². The van der Waals surface area contributed by atoms with Crippen LogP contribution in [0.1, 0.15) is 51.4 Å². The number of benzene rings is 1. The Kier molecular flexibility index (Phi) is 8.55. The van der Waals surface area contributed by atoms with Crippen LogP contribution in [0.2, 0.25) is 5.02 Å². The number of carbonyl (C=O) groups is 2. The molecule has 1 rings (SSSR count). The van der Waals surface area contributed by atoms with Gasteiger partial charge in [0.25, 0.3) is 5.91 Å². The Bertz CT molecular complexity index is 603. The SMILES string of the molecule is CCCOc1c(Cl)cc(C(=O)O[C@@H](C)C(=O)NC(C)C)cc1OCC. The Hall–Kier alpha value is -1.95. The van der Waals surface area contributed by atoms with Gasteiger partial charge in [0, 0.05) is 6.04 Å². The maximum absolute atomic E-state index is 12.3. The van der Waals surface area contributed by atoms with Crippen LogP contribution in [0.5, 0.6) is 11.5 Å². The molecule has 1 aromatic carbocycles. The summed E-state index contributed by atoms with van der Waals surface area (Å²) < 4.78 is 16.3. The predicted molar refractivity (Wildman–Crippen MR) is 96.6 cm³/mol. The number of amides is 1. The van der Waals surface area contributed by atoms with Gasteiger partial charge in [-0.3, -0.25) is 4.79 Å². The highest BCUT2D eigenvalue weighted by atomic mass is 35.5. The van der Waals surface area contributed by atoms with Crippen LogP contribution in [0.15, 0.2) is 12.1 Å². The van der Waals surface area contributed by atoms with Crippen LogP contribution >= 0.6 is 11.6 Å². The third-order valence-corrected chi connectivity index (χ3v) is 3.36. The average molecular weight is 372 g/mol. The van der Waals surface area contributed by atoms with Crippen LogP contribution in [-0.2, 0) is 9.53 Å². The van der Waals surface area contributed by atoms with E-state index in [2.05, 4.69) is 5.32 Å². The van der Waals surface area contributed by atoms with E-state index >= 15 is 0 Å². The van der Waals surface area contributed by atoms with Gasteiger partial charge in [-0.25, -0.2) is 4.79 Å². The van der Waals surface area contributed by atoms with Crippen molar-refractivity contribution in [3.8, 4) is 11.5 Å². The van der Waals surface area contributed by atoms with E-state index in [1.807, 2.05) is 27.7 Å². The molecular formula is C18H26ClNO5. The first-order valence-corrected chi connectivity index (χ1v) is 8.78. The van der Waals surface area contributed by atoms with E-state index in [4.69, 9.17) is 25.8 Å². The lowest BCUT2D eigenvalue weighted by molar-refractivity contribution is -0.129. The molecule has 0 aliphatic carbocycles. The van der Waals surface area contributed by atoms with Crippen molar-refractivity contribution in [1.82, 2.24) is 5.32 Å². The molecule has 140 valence electrons. The summed E-state index contributed by atoms with van der Waals surface area (Å²) in [5.41, 5.74) is 0.196. The molecule has 0 aliphatic heterocycles. The molecule has 7 heteroatoms. The normalized spacial score (nSPS) is 11.8. The van der Waals surface area contributed by atoms with Gasteiger partial charge in [0.1, 0.15) is 0 Å². The first-order valence-electron chi connectivity index (χ1n) is 8.40. The van der Waals surface area contributed by atoms with Crippen molar-refractivity contribution in [3.05, 3.63) is 22.7 Å². The van der Waals surface area contributed by atoms with Crippen LogP contribution < -0.4 is 14.8 Å². The second-order valence-corrected chi connectivity index (χ2v) is 6.18. The number of esters is 1. The standard InChI is InChI=1S/C18H26ClNO5/c1-6-8-24-16-14(19)9-13(10-15(16)23-7-2)18(22)25-12(5)17(21)20-11(3)4/h9-12H,6-8H2,1-5H3,(H,20,21)/t12-/m0/s1. The number of ether oxygens (including phenoxy) is 3. The Labute approximate surface area is 153 Å². The van der Waals surface area contributed by atoms with Crippen LogP contribution in [-0.4, -0.2) is 37.2 Å². The van der Waals surface area contributed by atoms with Crippen molar-refractivity contribution < 1.29 is 23.8 Å². The second kappa shape index (κ2) is 10.1. The van der Waals surface area contributed by atoms with Crippen molar-refractivity contribution in [1.29, 1.82) is 0 Å². The summed E-state index contributed by atoms with van der Waals surface area (Å²) in [6.45, 7) is 9.84. The number of nitrogens with one attached hydrogen (secondary N) is 1. The van der Waals surface area contributed by atoms with Gasteiger partial charge in [-0.05, 0) is 46.2 Å². The minimum absolute atomic E-state index is 0.0392. The molecule has 1 N–H and O–H groups in total. The first kappa shape index (κ1) is 21.1. The molecule has 1 amide bonds. The third kappa shape index (κ3) is 6.46. The largest absolute Gasteiger partial charge is 0.490 e. The molecule has 0 aliphatic rings. The Balaban J connectivity index is 2.96. The summed E-state index contributed by atoms with van der Waals surface area (Å²) in [7, 11) is 0. The highest BCUT2D eigenvalue weighted by Crippen LogP contribution is 2.37. The molecule has 0 radical (unpaired) electrons. The van der Waals surface area contributed by atoms with E-state index in [9.17, 15) is 9.59 Å². The number of halogens is 1. The molecule has 25 heavy (non-hydrogen) atoms. The smallest absolute Gasteiger partial charge is 0.339 e. The lowest BCUT2D eigenvalue weighted by atomic mass is 10.2.